The van der Waals surface area contributed by atoms with Gasteiger partial charge in [0.2, 0.25) is 15.9 Å². The molecule has 114 valence electrons. The third-order valence-electron chi connectivity index (χ3n) is 2.48. The Hall–Kier alpha value is -1.95. The molecule has 0 radical (unpaired) electrons. The van der Waals surface area contributed by atoms with Gasteiger partial charge in [0, 0.05) is 32.1 Å². The van der Waals surface area contributed by atoms with Crippen molar-refractivity contribution in [2.45, 2.75) is 17.9 Å². The van der Waals surface area contributed by atoms with Gasteiger partial charge in [0.15, 0.2) is 0 Å². The van der Waals surface area contributed by atoms with Crippen LogP contribution in [0.5, 0.6) is 0 Å². The van der Waals surface area contributed by atoms with Gasteiger partial charge in [-0.05, 0) is 13.0 Å². The van der Waals surface area contributed by atoms with Crippen LogP contribution in [0.4, 0.5) is 0 Å². The Kier molecular flexibility index (Phi) is 5.84. The normalized spacial score (nSPS) is 12.2. The van der Waals surface area contributed by atoms with E-state index in [1.165, 1.54) is 30.3 Å². The van der Waals surface area contributed by atoms with Gasteiger partial charge in [-0.1, -0.05) is 11.8 Å². The molecule has 0 saturated heterocycles. The van der Waals surface area contributed by atoms with Crippen LogP contribution in [0.3, 0.4) is 0 Å². The number of rotatable bonds is 4. The maximum Gasteiger partial charge on any atom is 0.242 e. The molecule has 0 spiro atoms. The Morgan fingerprint density at radius 1 is 1.48 bits per heavy atom. The number of hydrogen-bond acceptors (Lipinski definition) is 5. The Morgan fingerprint density at radius 3 is 2.71 bits per heavy atom. The summed E-state index contributed by atoms with van der Waals surface area (Å²) in [6, 6.07) is 0.433. The second-order valence-electron chi connectivity index (χ2n) is 4.44. The monoisotopic (exact) mass is 311 g/mol. The third kappa shape index (κ3) is 4.82. The number of pyridine rings is 1. The van der Waals surface area contributed by atoms with Gasteiger partial charge in [0.1, 0.15) is 11.5 Å². The highest BCUT2D eigenvalue weighted by molar-refractivity contribution is 7.89. The summed E-state index contributed by atoms with van der Waals surface area (Å²) in [4.78, 5) is 16.7. The van der Waals surface area contributed by atoms with Gasteiger partial charge in [-0.2, -0.15) is 4.72 Å². The summed E-state index contributed by atoms with van der Waals surface area (Å²) < 4.78 is 26.6. The average molecular weight is 311 g/mol. The van der Waals surface area contributed by atoms with Gasteiger partial charge in [-0.3, -0.25) is 9.78 Å². The second kappa shape index (κ2) is 7.17. The highest BCUT2D eigenvalue weighted by Gasteiger charge is 2.23. The topological polar surface area (TPSA) is 99.6 Å². The molecule has 1 rings (SSSR count). The van der Waals surface area contributed by atoms with E-state index in [9.17, 15) is 13.2 Å². The number of carbonyl (C=O) groups is 1. The molecule has 0 aliphatic heterocycles. The van der Waals surface area contributed by atoms with E-state index in [0.29, 0.717) is 5.56 Å². The Labute approximate surface area is 124 Å². The van der Waals surface area contributed by atoms with Crippen LogP contribution in [-0.4, -0.2) is 56.1 Å². The lowest BCUT2D eigenvalue weighted by atomic mass is 10.3. The SMILES string of the molecule is CC(NS(=O)(=O)c1cncc(C#CCO)c1)C(=O)N(C)C. The molecule has 21 heavy (non-hydrogen) atoms. The largest absolute Gasteiger partial charge is 0.384 e. The van der Waals surface area contributed by atoms with Gasteiger partial charge in [-0.25, -0.2) is 8.42 Å². The first-order valence-corrected chi connectivity index (χ1v) is 7.54. The van der Waals surface area contributed by atoms with Crippen LogP contribution in [0.25, 0.3) is 0 Å². The predicted octanol–water partition coefficient (Wildman–Crippen LogP) is -0.820. The van der Waals surface area contributed by atoms with E-state index < -0.39 is 16.1 Å². The number of hydrogen-bond donors (Lipinski definition) is 2. The number of likely N-dealkylation sites (N-methyl/N-ethyl adjacent to an activating group) is 1. The minimum absolute atomic E-state index is 0.0920. The van der Waals surface area contributed by atoms with E-state index in [1.54, 1.807) is 14.1 Å². The van der Waals surface area contributed by atoms with E-state index in [4.69, 9.17) is 5.11 Å². The molecule has 1 amide bonds. The van der Waals surface area contributed by atoms with Gasteiger partial charge in [0.05, 0.1) is 6.04 Å². The molecule has 1 aromatic rings. The molecule has 1 heterocycles. The molecule has 2 N–H and O–H groups in total. The van der Waals surface area contributed by atoms with Crippen LogP contribution in [0.2, 0.25) is 0 Å². The summed E-state index contributed by atoms with van der Waals surface area (Å²) in [5.41, 5.74) is 0.360. The first-order chi connectivity index (χ1) is 9.77. The van der Waals surface area contributed by atoms with Crippen molar-refractivity contribution in [3.05, 3.63) is 24.0 Å². The molecule has 0 fully saturated rings. The minimum atomic E-state index is -3.88. The minimum Gasteiger partial charge on any atom is -0.384 e. The number of carbonyl (C=O) groups excluding carboxylic acids is 1. The highest BCUT2D eigenvalue weighted by Crippen LogP contribution is 2.10. The molecule has 1 unspecified atom stereocenters. The van der Waals surface area contributed by atoms with Crippen molar-refractivity contribution in [2.75, 3.05) is 20.7 Å². The van der Waals surface area contributed by atoms with Crippen molar-refractivity contribution in [3.8, 4) is 11.8 Å². The summed E-state index contributed by atoms with van der Waals surface area (Å²) >= 11 is 0. The average Bonchev–Trinajstić information content (AvgIpc) is 2.44. The van der Waals surface area contributed by atoms with Crippen molar-refractivity contribution < 1.29 is 18.3 Å². The molecule has 0 bridgehead atoms. The number of nitrogens with one attached hydrogen (secondary N) is 1. The van der Waals surface area contributed by atoms with Crippen molar-refractivity contribution in [1.82, 2.24) is 14.6 Å². The summed E-state index contributed by atoms with van der Waals surface area (Å²) in [5.74, 6) is 4.62. The standard InChI is InChI=1S/C13H17N3O4S/c1-10(13(18)16(2)3)15-21(19,20)12-7-11(5-4-6-17)8-14-9-12/h7-10,15,17H,6H2,1-3H3. The van der Waals surface area contributed by atoms with Crippen LogP contribution in [0, 0.1) is 11.8 Å². The number of aromatic nitrogens is 1. The van der Waals surface area contributed by atoms with Crippen LogP contribution in [0.15, 0.2) is 23.4 Å². The second-order valence-corrected chi connectivity index (χ2v) is 6.16. The van der Waals surface area contributed by atoms with E-state index in [0.717, 1.165) is 0 Å². The maximum atomic E-state index is 12.2. The van der Waals surface area contributed by atoms with Gasteiger partial charge in [0.25, 0.3) is 0 Å². The van der Waals surface area contributed by atoms with E-state index >= 15 is 0 Å². The summed E-state index contributed by atoms with van der Waals surface area (Å²) in [5, 5.41) is 8.62. The van der Waals surface area contributed by atoms with Gasteiger partial charge < -0.3 is 10.0 Å². The zero-order valence-corrected chi connectivity index (χ0v) is 12.8. The number of sulfonamides is 1. The molecule has 7 nitrogen and oxygen atoms in total. The van der Waals surface area contributed by atoms with Crippen molar-refractivity contribution in [3.63, 3.8) is 0 Å². The third-order valence-corrected chi connectivity index (χ3v) is 3.99. The van der Waals surface area contributed by atoms with Crippen molar-refractivity contribution in [2.24, 2.45) is 0 Å². The number of nitrogens with zero attached hydrogens (tertiary/aromatic N) is 2. The van der Waals surface area contributed by atoms with Crippen LogP contribution in [-0.2, 0) is 14.8 Å². The molecular formula is C13H17N3O4S. The predicted molar refractivity (Wildman–Crippen MR) is 76.7 cm³/mol. The number of aliphatic hydroxyl groups excluding tert-OH is 1. The lowest BCUT2D eigenvalue weighted by molar-refractivity contribution is -0.130. The highest BCUT2D eigenvalue weighted by atomic mass is 32.2. The molecule has 8 heteroatoms. The Morgan fingerprint density at radius 2 is 2.14 bits per heavy atom. The summed E-state index contributed by atoms with van der Waals surface area (Å²) in [6.07, 6.45) is 2.55. The lowest BCUT2D eigenvalue weighted by Crippen LogP contribution is -2.44. The molecular weight excluding hydrogens is 294 g/mol. The maximum absolute atomic E-state index is 12.2. The fraction of sp³-hybridized carbons (Fsp3) is 0.385. The Bertz CT molecular complexity index is 674. The number of aliphatic hydroxyl groups is 1. The fourth-order valence-electron chi connectivity index (χ4n) is 1.51. The lowest BCUT2D eigenvalue weighted by Gasteiger charge is -2.17. The summed E-state index contributed by atoms with van der Waals surface area (Å²) in [7, 11) is -0.793. The van der Waals surface area contributed by atoms with Crippen molar-refractivity contribution in [1.29, 1.82) is 0 Å². The van der Waals surface area contributed by atoms with E-state index in [2.05, 4.69) is 21.5 Å². The smallest absolute Gasteiger partial charge is 0.242 e. The number of amides is 1. The molecule has 0 saturated carbocycles. The molecule has 0 aromatic carbocycles. The molecule has 1 atom stereocenters. The zero-order chi connectivity index (χ0) is 16.0. The first kappa shape index (κ1) is 17.1. The quantitative estimate of drug-likeness (QED) is 0.708. The molecule has 0 aliphatic carbocycles. The van der Waals surface area contributed by atoms with Crippen molar-refractivity contribution >= 4 is 15.9 Å². The van der Waals surface area contributed by atoms with Crippen LogP contribution in [0.1, 0.15) is 12.5 Å². The van der Waals surface area contributed by atoms with E-state index in [1.807, 2.05) is 0 Å². The Balaban J connectivity index is 3.00. The van der Waals surface area contributed by atoms with Crippen LogP contribution < -0.4 is 4.72 Å². The summed E-state index contributed by atoms with van der Waals surface area (Å²) in [6.45, 7) is 1.13. The fourth-order valence-corrected chi connectivity index (χ4v) is 2.70. The van der Waals surface area contributed by atoms with Crippen LogP contribution >= 0.6 is 0 Å². The van der Waals surface area contributed by atoms with Gasteiger partial charge in [-0.15, -0.1) is 0 Å². The molecule has 0 aliphatic rings. The van der Waals surface area contributed by atoms with E-state index in [-0.39, 0.29) is 17.4 Å². The zero-order valence-electron chi connectivity index (χ0n) is 12.0. The first-order valence-electron chi connectivity index (χ1n) is 6.06. The van der Waals surface area contributed by atoms with Gasteiger partial charge >= 0.3 is 0 Å². The molecule has 1 aromatic heterocycles.